The quantitative estimate of drug-likeness (QED) is 0.505. The maximum absolute atomic E-state index is 13.6. The molecule has 0 radical (unpaired) electrons. The fourth-order valence-electron chi connectivity index (χ4n) is 5.66. The third kappa shape index (κ3) is 3.84. The topological polar surface area (TPSA) is 55.8 Å². The molecular weight excluding hydrogens is 449 g/mol. The Bertz CT molecular complexity index is 947. The fourth-order valence-corrected chi connectivity index (χ4v) is 5.91. The zero-order valence-electron chi connectivity index (χ0n) is 18.8. The third-order valence-corrected chi connectivity index (χ3v) is 8.17. The summed E-state index contributed by atoms with van der Waals surface area (Å²) in [6, 6.07) is 13.7. The van der Waals surface area contributed by atoms with Gasteiger partial charge in [0.05, 0.1) is 20.1 Å². The van der Waals surface area contributed by atoms with E-state index in [1.54, 1.807) is 55.6 Å². The molecule has 0 aromatic heterocycles. The molecule has 2 aliphatic heterocycles. The van der Waals surface area contributed by atoms with Crippen LogP contribution in [0.4, 0.5) is 0 Å². The lowest BCUT2D eigenvalue weighted by Crippen LogP contribution is -2.60. The monoisotopic (exact) mass is 478 g/mol. The van der Waals surface area contributed by atoms with Crippen molar-refractivity contribution in [2.24, 2.45) is 0 Å². The number of quaternary nitrogens is 1. The van der Waals surface area contributed by atoms with E-state index < -0.39 is 11.6 Å². The second-order valence-electron chi connectivity index (χ2n) is 9.74. The first-order valence-corrected chi connectivity index (χ1v) is 11.6. The van der Waals surface area contributed by atoms with Crippen molar-refractivity contribution in [2.45, 2.75) is 55.6 Å². The number of carbonyl (C=O) groups excluding carboxylic acids is 1. The minimum Gasteiger partial charge on any atom is -0.459 e. The highest BCUT2D eigenvalue weighted by atomic mass is 35.5. The average molecular weight is 479 g/mol. The van der Waals surface area contributed by atoms with Crippen LogP contribution in [-0.4, -0.2) is 60.6 Å². The van der Waals surface area contributed by atoms with E-state index in [1.165, 1.54) is 0 Å². The van der Waals surface area contributed by atoms with Crippen LogP contribution in [0.3, 0.4) is 0 Å². The molecule has 2 saturated heterocycles. The molecule has 4 atom stereocenters. The van der Waals surface area contributed by atoms with E-state index in [2.05, 4.69) is 21.0 Å². The molecule has 32 heavy (non-hydrogen) atoms. The number of aliphatic hydroxyl groups is 1. The Labute approximate surface area is 199 Å². The van der Waals surface area contributed by atoms with Crippen molar-refractivity contribution in [3.63, 3.8) is 0 Å². The summed E-state index contributed by atoms with van der Waals surface area (Å²) in [4.78, 5) is 13.6. The van der Waals surface area contributed by atoms with Gasteiger partial charge in [-0.1, -0.05) is 47.5 Å². The Balaban J connectivity index is 1.64. The van der Waals surface area contributed by atoms with Gasteiger partial charge in [0.2, 0.25) is 5.60 Å². The number of hydrogen-bond donors (Lipinski definition) is 1. The van der Waals surface area contributed by atoms with Gasteiger partial charge < -0.3 is 19.1 Å². The molecule has 172 valence electrons. The Morgan fingerprint density at radius 2 is 1.53 bits per heavy atom. The van der Waals surface area contributed by atoms with E-state index in [4.69, 9.17) is 32.7 Å². The summed E-state index contributed by atoms with van der Waals surface area (Å²) in [7, 11) is 6.19. The highest BCUT2D eigenvalue weighted by Gasteiger charge is 2.62. The van der Waals surface area contributed by atoms with Crippen LogP contribution in [0, 0.1) is 0 Å². The molecule has 1 N–H and O–H groups in total. The van der Waals surface area contributed by atoms with Crippen molar-refractivity contribution in [3.8, 4) is 0 Å². The molecule has 2 aromatic rings. The molecule has 0 aliphatic carbocycles. The number of piperidine rings is 1. The highest BCUT2D eigenvalue weighted by molar-refractivity contribution is 6.30. The maximum atomic E-state index is 13.6. The zero-order valence-corrected chi connectivity index (χ0v) is 20.4. The van der Waals surface area contributed by atoms with E-state index >= 15 is 0 Å². The van der Waals surface area contributed by atoms with Gasteiger partial charge in [-0.2, -0.15) is 0 Å². The summed E-state index contributed by atoms with van der Waals surface area (Å²) in [6.45, 7) is 2.14. The van der Waals surface area contributed by atoms with E-state index in [1.807, 2.05) is 0 Å². The highest BCUT2D eigenvalue weighted by Crippen LogP contribution is 2.48. The molecule has 0 saturated carbocycles. The van der Waals surface area contributed by atoms with Gasteiger partial charge in [-0.25, -0.2) is 4.79 Å². The zero-order chi connectivity index (χ0) is 23.3. The van der Waals surface area contributed by atoms with Gasteiger partial charge in [-0.15, -0.1) is 0 Å². The summed E-state index contributed by atoms with van der Waals surface area (Å²) in [6.07, 6.45) is 2.02. The summed E-state index contributed by atoms with van der Waals surface area (Å²) >= 11 is 12.1. The van der Waals surface area contributed by atoms with Crippen molar-refractivity contribution in [2.75, 3.05) is 21.2 Å². The SMILES string of the molecule is COC1(C)CC2C[C@H](OC(=O)C(O)(c3ccc(Cl)cc3)c3ccc(Cl)cc3)CC1[N+]2(C)C. The first kappa shape index (κ1) is 23.5. The van der Waals surface area contributed by atoms with Gasteiger partial charge in [-0.3, -0.25) is 0 Å². The molecule has 2 fully saturated rings. The number of hydrogen-bond acceptors (Lipinski definition) is 4. The van der Waals surface area contributed by atoms with Gasteiger partial charge in [-0.05, 0) is 42.3 Å². The number of methoxy groups -OCH3 is 1. The molecule has 0 spiro atoms. The predicted molar refractivity (Wildman–Crippen MR) is 125 cm³/mol. The molecule has 3 unspecified atom stereocenters. The second-order valence-corrected chi connectivity index (χ2v) is 10.6. The van der Waals surface area contributed by atoms with E-state index in [9.17, 15) is 9.90 Å². The van der Waals surface area contributed by atoms with Crippen molar-refractivity contribution in [3.05, 3.63) is 69.7 Å². The molecule has 5 nitrogen and oxygen atoms in total. The molecular formula is C25H30Cl2NO4+. The average Bonchev–Trinajstić information content (AvgIpc) is 2.86. The number of rotatable bonds is 5. The van der Waals surface area contributed by atoms with Crippen LogP contribution < -0.4 is 0 Å². The fraction of sp³-hybridized carbons (Fsp3) is 0.480. The molecule has 2 bridgehead atoms. The van der Waals surface area contributed by atoms with Crippen molar-refractivity contribution < 1.29 is 23.9 Å². The van der Waals surface area contributed by atoms with E-state index in [-0.39, 0.29) is 17.7 Å². The normalized spacial score (nSPS) is 29.0. The molecule has 0 amide bonds. The maximum Gasteiger partial charge on any atom is 0.347 e. The minimum atomic E-state index is -1.97. The van der Waals surface area contributed by atoms with Gasteiger partial charge >= 0.3 is 5.97 Å². The van der Waals surface area contributed by atoms with Crippen LogP contribution in [0.5, 0.6) is 0 Å². The van der Waals surface area contributed by atoms with Crippen LogP contribution in [0.2, 0.25) is 10.0 Å². The predicted octanol–water partition coefficient (Wildman–Crippen LogP) is 4.56. The summed E-state index contributed by atoms with van der Waals surface area (Å²) in [5.41, 5.74) is -1.45. The lowest BCUT2D eigenvalue weighted by atomic mass is 9.86. The first-order chi connectivity index (χ1) is 15.0. The van der Waals surface area contributed by atoms with E-state index in [0.717, 1.165) is 17.3 Å². The number of benzene rings is 2. The lowest BCUT2D eigenvalue weighted by molar-refractivity contribution is -0.934. The number of fused-ring (bicyclic) bond motifs is 2. The minimum absolute atomic E-state index is 0.197. The third-order valence-electron chi connectivity index (χ3n) is 7.67. The standard InChI is InChI=1S/C25H30Cl2NO4/c1-24(31-4)15-20-13-21(14-22(24)28(20,2)3)32-23(29)25(30,16-5-9-18(26)10-6-16)17-7-11-19(27)12-8-17/h5-12,20-22,30H,13-15H2,1-4H3/q+1/t20?,21-,22?,24?/m0/s1. The number of halogens is 2. The first-order valence-electron chi connectivity index (χ1n) is 10.8. The van der Waals surface area contributed by atoms with Crippen LogP contribution >= 0.6 is 23.2 Å². The number of carbonyl (C=O) groups is 1. The number of esters is 1. The van der Waals surface area contributed by atoms with Gasteiger partial charge in [0, 0.05) is 36.4 Å². The number of likely N-dealkylation sites (N-methyl/N-ethyl adjacent to an activating group) is 1. The summed E-state index contributed by atoms with van der Waals surface area (Å²) < 4.78 is 12.8. The van der Waals surface area contributed by atoms with E-state index in [0.29, 0.717) is 33.6 Å². The smallest absolute Gasteiger partial charge is 0.347 e. The molecule has 2 aromatic carbocycles. The Kier molecular flexibility index (Phi) is 6.10. The molecule has 4 rings (SSSR count). The Morgan fingerprint density at radius 3 is 2.00 bits per heavy atom. The Morgan fingerprint density at radius 1 is 1.03 bits per heavy atom. The van der Waals surface area contributed by atoms with Crippen LogP contribution in [0.1, 0.15) is 37.3 Å². The largest absolute Gasteiger partial charge is 0.459 e. The Hall–Kier alpha value is -1.63. The molecule has 2 heterocycles. The van der Waals surface area contributed by atoms with Gasteiger partial charge in [0.15, 0.2) is 0 Å². The van der Waals surface area contributed by atoms with Crippen molar-refractivity contribution in [1.29, 1.82) is 0 Å². The van der Waals surface area contributed by atoms with Crippen LogP contribution in [0.25, 0.3) is 0 Å². The molecule has 7 heteroatoms. The van der Waals surface area contributed by atoms with Gasteiger partial charge in [0.1, 0.15) is 17.7 Å². The summed E-state index contributed by atoms with van der Waals surface area (Å²) in [5.74, 6) is -0.696. The summed E-state index contributed by atoms with van der Waals surface area (Å²) in [5, 5.41) is 12.8. The van der Waals surface area contributed by atoms with Crippen molar-refractivity contribution in [1.82, 2.24) is 0 Å². The molecule has 2 aliphatic rings. The van der Waals surface area contributed by atoms with Crippen LogP contribution in [0.15, 0.2) is 48.5 Å². The van der Waals surface area contributed by atoms with Gasteiger partial charge in [0.25, 0.3) is 0 Å². The van der Waals surface area contributed by atoms with Crippen LogP contribution in [-0.2, 0) is 19.9 Å². The van der Waals surface area contributed by atoms with Crippen molar-refractivity contribution >= 4 is 29.2 Å². The second kappa shape index (κ2) is 8.30. The number of ether oxygens (including phenoxy) is 2. The number of nitrogens with zero attached hydrogens (tertiary/aromatic N) is 1. The lowest BCUT2D eigenvalue weighted by Gasteiger charge is -2.46.